The molecule has 1 aliphatic rings. The Bertz CT molecular complexity index is 700. The number of carbonyl (C=O) groups is 1. The van der Waals surface area contributed by atoms with E-state index in [4.69, 9.17) is 0 Å². The molecule has 0 aliphatic carbocycles. The van der Waals surface area contributed by atoms with Crippen LogP contribution in [0.2, 0.25) is 0 Å². The molecule has 0 spiro atoms. The number of aliphatic hydroxyl groups excluding tert-OH is 1. The average Bonchev–Trinajstić information content (AvgIpc) is 2.65. The smallest absolute Gasteiger partial charge is 0.271 e. The monoisotopic (exact) mass is 343 g/mol. The third-order valence-electron chi connectivity index (χ3n) is 4.37. The number of hydrogen-bond acceptors (Lipinski definition) is 7. The summed E-state index contributed by atoms with van der Waals surface area (Å²) in [5, 5.41) is 23.7. The molecule has 2 atom stereocenters. The quantitative estimate of drug-likeness (QED) is 0.677. The molecule has 0 saturated carbocycles. The maximum atomic E-state index is 12.0. The molecule has 1 saturated heterocycles. The van der Waals surface area contributed by atoms with E-state index in [1.807, 2.05) is 23.1 Å². The summed E-state index contributed by atoms with van der Waals surface area (Å²) < 4.78 is 0. The minimum absolute atomic E-state index is 0.0407. The standard InChI is InChI=1S/C17H21N5O3/c23-15-11-22(10-13-3-1-2-5-19-13)8-4-17(15,25)12-21-16(24)14-9-18-6-7-20-14/h1-3,5-7,9,15,23,25H,4,8,10-12H2,(H,21,24)/t15-,17-/m1/s1. The molecule has 2 aromatic heterocycles. The van der Waals surface area contributed by atoms with Crippen molar-refractivity contribution in [3.8, 4) is 0 Å². The molecular weight excluding hydrogens is 322 g/mol. The summed E-state index contributed by atoms with van der Waals surface area (Å²) in [4.78, 5) is 26.1. The highest BCUT2D eigenvalue weighted by atomic mass is 16.3. The fraction of sp³-hybridized carbons (Fsp3) is 0.412. The lowest BCUT2D eigenvalue weighted by Gasteiger charge is -2.42. The Morgan fingerprint density at radius 2 is 2.20 bits per heavy atom. The van der Waals surface area contributed by atoms with Crippen LogP contribution in [-0.2, 0) is 6.54 Å². The first-order valence-corrected chi connectivity index (χ1v) is 8.14. The van der Waals surface area contributed by atoms with Crippen LogP contribution in [0.5, 0.6) is 0 Å². The molecule has 2 aromatic rings. The van der Waals surface area contributed by atoms with Gasteiger partial charge in [-0.2, -0.15) is 0 Å². The molecule has 1 amide bonds. The van der Waals surface area contributed by atoms with Gasteiger partial charge in [0.2, 0.25) is 0 Å². The fourth-order valence-corrected chi connectivity index (χ4v) is 2.83. The number of aliphatic hydroxyl groups is 2. The zero-order valence-corrected chi connectivity index (χ0v) is 13.7. The van der Waals surface area contributed by atoms with Gasteiger partial charge in [0.25, 0.3) is 5.91 Å². The summed E-state index contributed by atoms with van der Waals surface area (Å²) in [5.41, 5.74) is -0.275. The van der Waals surface area contributed by atoms with Gasteiger partial charge in [0, 0.05) is 44.8 Å². The molecule has 1 fully saturated rings. The number of nitrogens with zero attached hydrogens (tertiary/aromatic N) is 4. The van der Waals surface area contributed by atoms with Crippen molar-refractivity contribution in [3.05, 3.63) is 54.4 Å². The molecule has 1 aliphatic heterocycles. The Balaban J connectivity index is 1.53. The normalized spacial score (nSPS) is 24.0. The lowest BCUT2D eigenvalue weighted by Crippen LogP contribution is -2.60. The Hall–Kier alpha value is -2.42. The van der Waals surface area contributed by atoms with E-state index < -0.39 is 17.6 Å². The first-order chi connectivity index (χ1) is 12.1. The van der Waals surface area contributed by atoms with E-state index in [2.05, 4.69) is 20.3 Å². The second kappa shape index (κ2) is 7.64. The topological polar surface area (TPSA) is 111 Å². The van der Waals surface area contributed by atoms with Crippen molar-refractivity contribution in [1.29, 1.82) is 0 Å². The molecule has 0 radical (unpaired) electrons. The lowest BCUT2D eigenvalue weighted by atomic mass is 9.88. The van der Waals surface area contributed by atoms with Gasteiger partial charge in [0.1, 0.15) is 11.3 Å². The van der Waals surface area contributed by atoms with E-state index in [0.29, 0.717) is 26.1 Å². The molecule has 0 aromatic carbocycles. The molecule has 132 valence electrons. The predicted octanol–water partition coefficient (Wildman–Crippen LogP) is -0.401. The van der Waals surface area contributed by atoms with Crippen LogP contribution in [-0.4, -0.2) is 67.3 Å². The van der Waals surface area contributed by atoms with Gasteiger partial charge in [-0.05, 0) is 18.6 Å². The third kappa shape index (κ3) is 4.36. The number of pyridine rings is 1. The SMILES string of the molecule is O=C(NC[C@]1(O)CCN(Cc2ccccn2)C[C@H]1O)c1cnccn1. The molecule has 0 unspecified atom stereocenters. The summed E-state index contributed by atoms with van der Waals surface area (Å²) in [6, 6.07) is 5.70. The van der Waals surface area contributed by atoms with Crippen molar-refractivity contribution < 1.29 is 15.0 Å². The summed E-state index contributed by atoms with van der Waals surface area (Å²) in [7, 11) is 0. The number of hydrogen-bond donors (Lipinski definition) is 3. The first kappa shape index (κ1) is 17.4. The maximum absolute atomic E-state index is 12.0. The molecule has 0 bridgehead atoms. The highest BCUT2D eigenvalue weighted by molar-refractivity contribution is 5.91. The van der Waals surface area contributed by atoms with Gasteiger partial charge in [0.05, 0.1) is 18.0 Å². The molecule has 25 heavy (non-hydrogen) atoms. The fourth-order valence-electron chi connectivity index (χ4n) is 2.83. The van der Waals surface area contributed by atoms with Crippen molar-refractivity contribution in [2.45, 2.75) is 24.7 Å². The van der Waals surface area contributed by atoms with Crippen molar-refractivity contribution >= 4 is 5.91 Å². The van der Waals surface area contributed by atoms with Crippen LogP contribution in [0.4, 0.5) is 0 Å². The molecule has 3 heterocycles. The Kier molecular flexibility index (Phi) is 5.32. The Morgan fingerprint density at radius 1 is 1.32 bits per heavy atom. The predicted molar refractivity (Wildman–Crippen MR) is 89.5 cm³/mol. The second-order valence-corrected chi connectivity index (χ2v) is 6.20. The minimum atomic E-state index is -1.36. The zero-order chi connectivity index (χ0) is 17.7. The maximum Gasteiger partial charge on any atom is 0.271 e. The van der Waals surface area contributed by atoms with Gasteiger partial charge >= 0.3 is 0 Å². The molecule has 8 heteroatoms. The molecule has 8 nitrogen and oxygen atoms in total. The number of piperidine rings is 1. The largest absolute Gasteiger partial charge is 0.389 e. The van der Waals surface area contributed by atoms with Gasteiger partial charge in [-0.25, -0.2) is 4.98 Å². The number of aromatic nitrogens is 3. The summed E-state index contributed by atoms with van der Waals surface area (Å²) in [6.07, 6.45) is 5.37. The number of β-amino-alcohol motifs (C(OH)–C–C–N with tert-alkyl or cyclic N) is 1. The second-order valence-electron chi connectivity index (χ2n) is 6.20. The van der Waals surface area contributed by atoms with E-state index >= 15 is 0 Å². The number of likely N-dealkylation sites (tertiary alicyclic amines) is 1. The zero-order valence-electron chi connectivity index (χ0n) is 13.7. The average molecular weight is 343 g/mol. The van der Waals surface area contributed by atoms with Crippen LogP contribution in [0, 0.1) is 0 Å². The van der Waals surface area contributed by atoms with Gasteiger partial charge in [0.15, 0.2) is 0 Å². The van der Waals surface area contributed by atoms with E-state index in [9.17, 15) is 15.0 Å². The van der Waals surface area contributed by atoms with E-state index in [1.165, 1.54) is 18.6 Å². The van der Waals surface area contributed by atoms with Gasteiger partial charge in [-0.15, -0.1) is 0 Å². The number of amides is 1. The van der Waals surface area contributed by atoms with Crippen LogP contribution >= 0.6 is 0 Å². The Labute approximate surface area is 145 Å². The number of rotatable bonds is 5. The lowest BCUT2D eigenvalue weighted by molar-refractivity contribution is -0.117. The molecular formula is C17H21N5O3. The van der Waals surface area contributed by atoms with E-state index in [1.54, 1.807) is 6.20 Å². The van der Waals surface area contributed by atoms with Crippen LogP contribution in [0.3, 0.4) is 0 Å². The van der Waals surface area contributed by atoms with Crippen LogP contribution in [0.15, 0.2) is 43.0 Å². The third-order valence-corrected chi connectivity index (χ3v) is 4.37. The highest BCUT2D eigenvalue weighted by Gasteiger charge is 2.40. The summed E-state index contributed by atoms with van der Waals surface area (Å²) in [5.74, 6) is -0.426. The van der Waals surface area contributed by atoms with E-state index in [-0.39, 0.29) is 12.2 Å². The molecule has 3 rings (SSSR count). The first-order valence-electron chi connectivity index (χ1n) is 8.14. The van der Waals surface area contributed by atoms with Crippen LogP contribution in [0.25, 0.3) is 0 Å². The summed E-state index contributed by atoms with van der Waals surface area (Å²) in [6.45, 7) is 1.49. The minimum Gasteiger partial charge on any atom is -0.389 e. The van der Waals surface area contributed by atoms with Gasteiger partial charge in [-0.1, -0.05) is 6.07 Å². The number of carbonyl (C=O) groups excluding carboxylic acids is 1. The van der Waals surface area contributed by atoms with Crippen LogP contribution < -0.4 is 5.32 Å². The van der Waals surface area contributed by atoms with Crippen molar-refractivity contribution in [3.63, 3.8) is 0 Å². The molecule has 3 N–H and O–H groups in total. The van der Waals surface area contributed by atoms with Crippen LogP contribution in [0.1, 0.15) is 22.6 Å². The number of nitrogens with one attached hydrogen (secondary N) is 1. The van der Waals surface area contributed by atoms with Crippen molar-refractivity contribution in [2.24, 2.45) is 0 Å². The summed E-state index contributed by atoms with van der Waals surface area (Å²) >= 11 is 0. The highest BCUT2D eigenvalue weighted by Crippen LogP contribution is 2.23. The van der Waals surface area contributed by atoms with Crippen molar-refractivity contribution in [1.82, 2.24) is 25.2 Å². The van der Waals surface area contributed by atoms with Crippen molar-refractivity contribution in [2.75, 3.05) is 19.6 Å². The van der Waals surface area contributed by atoms with E-state index in [0.717, 1.165) is 5.69 Å². The Morgan fingerprint density at radius 3 is 2.88 bits per heavy atom. The van der Waals surface area contributed by atoms with Gasteiger partial charge in [-0.3, -0.25) is 19.7 Å². The van der Waals surface area contributed by atoms with Gasteiger partial charge < -0.3 is 15.5 Å².